The maximum absolute atomic E-state index is 12.8. The fourth-order valence-corrected chi connectivity index (χ4v) is 3.59. The third kappa shape index (κ3) is 3.46. The fraction of sp³-hybridized carbons (Fsp3) is 0.412. The molecule has 1 aliphatic rings. The number of anilines is 1. The minimum Gasteiger partial charge on any atom is -0.330 e. The van der Waals surface area contributed by atoms with Crippen molar-refractivity contribution in [3.05, 3.63) is 40.9 Å². The Labute approximate surface area is 145 Å². The Kier molecular flexibility index (Phi) is 4.89. The Bertz CT molecular complexity index is 731. The van der Waals surface area contributed by atoms with E-state index in [-0.39, 0.29) is 11.8 Å². The molecule has 0 radical (unpaired) electrons. The number of amides is 2. The van der Waals surface area contributed by atoms with Crippen molar-refractivity contribution >= 4 is 28.3 Å². The van der Waals surface area contributed by atoms with Crippen molar-refractivity contribution in [2.45, 2.75) is 32.2 Å². The van der Waals surface area contributed by atoms with Crippen LogP contribution in [0.3, 0.4) is 0 Å². The molecule has 1 aliphatic heterocycles. The summed E-state index contributed by atoms with van der Waals surface area (Å²) >= 11 is 1.37. The maximum atomic E-state index is 12.8. The smallest absolute Gasteiger partial charge is 0.251 e. The van der Waals surface area contributed by atoms with Crippen LogP contribution >= 0.6 is 11.3 Å². The molecule has 2 aromatic rings. The molecular formula is C17H20N4O2S. The van der Waals surface area contributed by atoms with Crippen LogP contribution in [0.15, 0.2) is 30.3 Å². The molecule has 0 N–H and O–H groups in total. The number of aromatic nitrogens is 2. The molecule has 0 bridgehead atoms. The van der Waals surface area contributed by atoms with Crippen LogP contribution in [0.25, 0.3) is 0 Å². The molecule has 6 nitrogen and oxygen atoms in total. The zero-order chi connectivity index (χ0) is 17.1. The molecule has 126 valence electrons. The number of carbonyl (C=O) groups excluding carboxylic acids is 2. The van der Waals surface area contributed by atoms with Gasteiger partial charge in [0.25, 0.3) is 5.91 Å². The Hall–Kier alpha value is -2.28. The monoisotopic (exact) mass is 344 g/mol. The lowest BCUT2D eigenvalue weighted by Crippen LogP contribution is -2.47. The molecule has 1 unspecified atom stereocenters. The van der Waals surface area contributed by atoms with E-state index in [1.807, 2.05) is 37.3 Å². The molecule has 2 heterocycles. The topological polar surface area (TPSA) is 66.4 Å². The summed E-state index contributed by atoms with van der Waals surface area (Å²) < 4.78 is 0. The van der Waals surface area contributed by atoms with Crippen molar-refractivity contribution in [1.82, 2.24) is 15.1 Å². The average Bonchev–Trinajstić information content (AvgIpc) is 3.23. The highest BCUT2D eigenvalue weighted by Crippen LogP contribution is 2.24. The minimum atomic E-state index is -0.407. The van der Waals surface area contributed by atoms with E-state index < -0.39 is 6.04 Å². The predicted octanol–water partition coefficient (Wildman–Crippen LogP) is 2.04. The molecule has 0 aliphatic carbocycles. The predicted molar refractivity (Wildman–Crippen MR) is 92.9 cm³/mol. The van der Waals surface area contributed by atoms with E-state index in [1.54, 1.807) is 11.9 Å². The van der Waals surface area contributed by atoms with Gasteiger partial charge in [-0.1, -0.05) is 41.7 Å². The fourth-order valence-electron chi connectivity index (χ4n) is 2.93. The van der Waals surface area contributed by atoms with Crippen LogP contribution in [0, 0.1) is 6.92 Å². The molecular weight excluding hydrogens is 324 g/mol. The molecule has 1 atom stereocenters. The lowest BCUT2D eigenvalue weighted by Gasteiger charge is -2.26. The van der Waals surface area contributed by atoms with Gasteiger partial charge in [0.2, 0.25) is 11.0 Å². The summed E-state index contributed by atoms with van der Waals surface area (Å²) in [6, 6.07) is 9.22. The normalized spacial score (nSPS) is 17.1. The summed E-state index contributed by atoms with van der Waals surface area (Å²) in [6.45, 7) is 2.48. The van der Waals surface area contributed by atoms with Crippen molar-refractivity contribution in [2.24, 2.45) is 0 Å². The largest absolute Gasteiger partial charge is 0.330 e. The summed E-state index contributed by atoms with van der Waals surface area (Å²) in [5, 5.41) is 9.35. The minimum absolute atomic E-state index is 0.00102. The number of nitrogens with zero attached hydrogens (tertiary/aromatic N) is 4. The van der Waals surface area contributed by atoms with Crippen LogP contribution in [0.1, 0.15) is 23.4 Å². The molecule has 1 saturated heterocycles. The summed E-state index contributed by atoms with van der Waals surface area (Å²) in [4.78, 5) is 28.6. The van der Waals surface area contributed by atoms with E-state index >= 15 is 0 Å². The highest BCUT2D eigenvalue weighted by Gasteiger charge is 2.36. The molecule has 7 heteroatoms. The van der Waals surface area contributed by atoms with Crippen molar-refractivity contribution < 1.29 is 9.59 Å². The van der Waals surface area contributed by atoms with Crippen molar-refractivity contribution in [2.75, 3.05) is 18.5 Å². The third-order valence-electron chi connectivity index (χ3n) is 4.19. The van der Waals surface area contributed by atoms with Gasteiger partial charge in [0, 0.05) is 13.6 Å². The van der Waals surface area contributed by atoms with Gasteiger partial charge >= 0.3 is 0 Å². The number of likely N-dealkylation sites (tertiary alicyclic amines) is 1. The number of hydrogen-bond donors (Lipinski definition) is 0. The van der Waals surface area contributed by atoms with Crippen LogP contribution in [-0.2, 0) is 16.0 Å². The van der Waals surface area contributed by atoms with Crippen LogP contribution in [0.2, 0.25) is 0 Å². The second-order valence-corrected chi connectivity index (χ2v) is 7.07. The molecule has 1 aromatic carbocycles. The van der Waals surface area contributed by atoms with Crippen LogP contribution in [-0.4, -0.2) is 46.5 Å². The second kappa shape index (κ2) is 7.09. The zero-order valence-electron chi connectivity index (χ0n) is 13.8. The highest BCUT2D eigenvalue weighted by molar-refractivity contribution is 7.15. The molecule has 0 spiro atoms. The summed E-state index contributed by atoms with van der Waals surface area (Å²) in [5.41, 5.74) is 0.966. The molecule has 1 fully saturated rings. The molecule has 0 saturated carbocycles. The van der Waals surface area contributed by atoms with Gasteiger partial charge in [-0.3, -0.25) is 14.5 Å². The van der Waals surface area contributed by atoms with Gasteiger partial charge in [-0.05, 0) is 25.3 Å². The van der Waals surface area contributed by atoms with Gasteiger partial charge in [0.1, 0.15) is 11.0 Å². The Balaban J connectivity index is 1.70. The second-order valence-electron chi connectivity index (χ2n) is 5.91. The molecule has 1 aromatic heterocycles. The Morgan fingerprint density at radius 3 is 2.71 bits per heavy atom. The summed E-state index contributed by atoms with van der Waals surface area (Å²) in [7, 11) is 1.69. The molecule has 3 rings (SSSR count). The van der Waals surface area contributed by atoms with Crippen LogP contribution < -0.4 is 4.90 Å². The Morgan fingerprint density at radius 1 is 1.29 bits per heavy atom. The summed E-state index contributed by atoms with van der Waals surface area (Å²) in [6.07, 6.45) is 1.87. The average molecular weight is 344 g/mol. The Morgan fingerprint density at radius 2 is 2.04 bits per heavy atom. The quantitative estimate of drug-likeness (QED) is 0.851. The molecule has 2 amide bonds. The molecule has 24 heavy (non-hydrogen) atoms. The standard InChI is InChI=1S/C17H20N4O2S/c1-12-18-19-17(24-12)20(2)16(23)14-9-6-10-21(14)15(22)11-13-7-4-3-5-8-13/h3-5,7-8,14H,6,9-11H2,1-2H3. The number of benzene rings is 1. The maximum Gasteiger partial charge on any atom is 0.251 e. The van der Waals surface area contributed by atoms with Gasteiger partial charge in [-0.25, -0.2) is 0 Å². The third-order valence-corrected chi connectivity index (χ3v) is 5.10. The van der Waals surface area contributed by atoms with Gasteiger partial charge in [0.15, 0.2) is 0 Å². The highest BCUT2D eigenvalue weighted by atomic mass is 32.1. The van der Waals surface area contributed by atoms with Crippen LogP contribution in [0.4, 0.5) is 5.13 Å². The number of hydrogen-bond acceptors (Lipinski definition) is 5. The number of rotatable bonds is 4. The van der Waals surface area contributed by atoms with Gasteiger partial charge in [0.05, 0.1) is 6.42 Å². The zero-order valence-corrected chi connectivity index (χ0v) is 14.6. The van der Waals surface area contributed by atoms with Crippen LogP contribution in [0.5, 0.6) is 0 Å². The van der Waals surface area contributed by atoms with Gasteiger partial charge in [-0.15, -0.1) is 10.2 Å². The van der Waals surface area contributed by atoms with Crippen molar-refractivity contribution in [1.29, 1.82) is 0 Å². The van der Waals surface area contributed by atoms with E-state index in [0.29, 0.717) is 24.5 Å². The van der Waals surface area contributed by atoms with Gasteiger partial charge < -0.3 is 4.90 Å². The first-order chi connectivity index (χ1) is 11.6. The van der Waals surface area contributed by atoms with E-state index in [2.05, 4.69) is 10.2 Å². The van der Waals surface area contributed by atoms with E-state index in [9.17, 15) is 9.59 Å². The first kappa shape index (κ1) is 16.6. The first-order valence-corrected chi connectivity index (χ1v) is 8.79. The van der Waals surface area contributed by atoms with E-state index in [4.69, 9.17) is 0 Å². The number of likely N-dealkylation sites (N-methyl/N-ethyl adjacent to an activating group) is 1. The van der Waals surface area contributed by atoms with E-state index in [1.165, 1.54) is 16.2 Å². The SMILES string of the molecule is Cc1nnc(N(C)C(=O)C2CCCN2C(=O)Cc2ccccc2)s1. The van der Waals surface area contributed by atoms with E-state index in [0.717, 1.165) is 17.0 Å². The lowest BCUT2D eigenvalue weighted by atomic mass is 10.1. The van der Waals surface area contributed by atoms with Crippen molar-refractivity contribution in [3.63, 3.8) is 0 Å². The van der Waals surface area contributed by atoms with Gasteiger partial charge in [-0.2, -0.15) is 0 Å². The first-order valence-electron chi connectivity index (χ1n) is 7.97. The number of carbonyl (C=O) groups is 2. The lowest BCUT2D eigenvalue weighted by molar-refractivity contribution is -0.136. The number of aryl methyl sites for hydroxylation is 1. The van der Waals surface area contributed by atoms with Crippen molar-refractivity contribution in [3.8, 4) is 0 Å². The summed E-state index contributed by atoms with van der Waals surface area (Å²) in [5.74, 6) is -0.0936.